The van der Waals surface area contributed by atoms with Gasteiger partial charge in [0.25, 0.3) is 5.56 Å². The highest BCUT2D eigenvalue weighted by Gasteiger charge is 2.19. The van der Waals surface area contributed by atoms with Crippen LogP contribution in [0, 0.1) is 0 Å². The number of hydrogen-bond donors (Lipinski definition) is 2. The van der Waals surface area contributed by atoms with Gasteiger partial charge in [-0.3, -0.25) is 4.79 Å². The molecule has 5 nitrogen and oxygen atoms in total. The number of methoxy groups -OCH3 is 2. The quantitative estimate of drug-likeness (QED) is 0.745. The molecule has 1 aromatic rings. The lowest BCUT2D eigenvalue weighted by Crippen LogP contribution is -2.18. The Morgan fingerprint density at radius 1 is 1.50 bits per heavy atom. The second-order valence-corrected chi connectivity index (χ2v) is 2.91. The molecule has 0 amide bonds. The smallest absolute Gasteiger partial charge is 0.258 e. The van der Waals surface area contributed by atoms with Crippen LogP contribution in [0.1, 0.15) is 11.9 Å². The van der Waals surface area contributed by atoms with Crippen molar-refractivity contribution in [2.45, 2.75) is 6.29 Å². The summed E-state index contributed by atoms with van der Waals surface area (Å²) in [5.74, 6) is -0.222. The lowest BCUT2D eigenvalue weighted by molar-refractivity contribution is -0.106. The molecule has 1 aromatic heterocycles. The lowest BCUT2D eigenvalue weighted by Gasteiger charge is -2.14. The molecule has 1 rings (SSSR count). The minimum atomic E-state index is -0.890. The molecule has 0 saturated carbocycles. The fourth-order valence-electron chi connectivity index (χ4n) is 1.06. The Balaban J connectivity index is 3.31. The van der Waals surface area contributed by atoms with Crippen LogP contribution in [-0.2, 0) is 9.47 Å². The Hall–Kier alpha value is -1.04. The van der Waals surface area contributed by atoms with E-state index in [4.69, 9.17) is 21.1 Å². The van der Waals surface area contributed by atoms with Crippen molar-refractivity contribution in [1.29, 1.82) is 0 Å². The van der Waals surface area contributed by atoms with Crippen molar-refractivity contribution in [2.24, 2.45) is 0 Å². The average Bonchev–Trinajstić information content (AvgIpc) is 2.19. The molecule has 0 unspecified atom stereocenters. The standard InChI is InChI=1S/C8H10ClNO4/c1-13-8(14-2)5-6(9)4(11)3-10-7(5)12/h3,8,11H,1-2H3,(H,10,12). The van der Waals surface area contributed by atoms with Crippen molar-refractivity contribution in [3.8, 4) is 5.75 Å². The Morgan fingerprint density at radius 3 is 2.57 bits per heavy atom. The number of halogens is 1. The summed E-state index contributed by atoms with van der Waals surface area (Å²) < 4.78 is 9.73. The average molecular weight is 220 g/mol. The molecule has 0 bridgehead atoms. The summed E-state index contributed by atoms with van der Waals surface area (Å²) in [7, 11) is 2.74. The molecule has 0 aliphatic carbocycles. The third-order valence-electron chi connectivity index (χ3n) is 1.71. The molecule has 0 spiro atoms. The first-order chi connectivity index (χ1) is 6.61. The zero-order chi connectivity index (χ0) is 10.7. The first kappa shape index (κ1) is 11.0. The molecule has 1 heterocycles. The molecule has 78 valence electrons. The Bertz CT molecular complexity index is 372. The molecule has 0 fully saturated rings. The van der Waals surface area contributed by atoms with Crippen LogP contribution in [-0.4, -0.2) is 24.3 Å². The van der Waals surface area contributed by atoms with Gasteiger partial charge in [-0.25, -0.2) is 0 Å². The summed E-state index contributed by atoms with van der Waals surface area (Å²) >= 11 is 5.72. The van der Waals surface area contributed by atoms with Gasteiger partial charge >= 0.3 is 0 Å². The van der Waals surface area contributed by atoms with Crippen LogP contribution >= 0.6 is 11.6 Å². The maximum atomic E-state index is 11.3. The zero-order valence-electron chi connectivity index (χ0n) is 7.70. The zero-order valence-corrected chi connectivity index (χ0v) is 8.46. The number of nitrogens with one attached hydrogen (secondary N) is 1. The molecule has 0 saturated heterocycles. The molecule has 0 atom stereocenters. The van der Waals surface area contributed by atoms with Gasteiger partial charge in [0.2, 0.25) is 0 Å². The van der Waals surface area contributed by atoms with E-state index in [0.29, 0.717) is 0 Å². The maximum Gasteiger partial charge on any atom is 0.258 e. The topological polar surface area (TPSA) is 71.5 Å². The van der Waals surface area contributed by atoms with Crippen molar-refractivity contribution in [2.75, 3.05) is 14.2 Å². The van der Waals surface area contributed by atoms with E-state index in [1.807, 2.05) is 0 Å². The van der Waals surface area contributed by atoms with Gasteiger partial charge in [0.05, 0.1) is 10.6 Å². The van der Waals surface area contributed by atoms with Crippen molar-refractivity contribution in [3.05, 3.63) is 27.1 Å². The number of aromatic hydroxyl groups is 1. The van der Waals surface area contributed by atoms with Crippen molar-refractivity contribution < 1.29 is 14.6 Å². The largest absolute Gasteiger partial charge is 0.505 e. The van der Waals surface area contributed by atoms with E-state index in [9.17, 15) is 9.90 Å². The summed E-state index contributed by atoms with van der Waals surface area (Å²) in [6.07, 6.45) is 0.217. The first-order valence-corrected chi connectivity index (χ1v) is 4.15. The van der Waals surface area contributed by atoms with Crippen LogP contribution in [0.15, 0.2) is 11.0 Å². The predicted molar refractivity (Wildman–Crippen MR) is 50.5 cm³/mol. The minimum absolute atomic E-state index is 0.0525. The summed E-state index contributed by atoms with van der Waals surface area (Å²) in [6, 6.07) is 0. The molecule has 0 aliphatic heterocycles. The fraction of sp³-hybridized carbons (Fsp3) is 0.375. The van der Waals surface area contributed by atoms with Gasteiger partial charge < -0.3 is 19.6 Å². The van der Waals surface area contributed by atoms with E-state index in [-0.39, 0.29) is 16.3 Å². The Labute approximate surface area is 85.2 Å². The summed E-state index contributed by atoms with van der Waals surface area (Å²) in [5.41, 5.74) is -0.404. The second kappa shape index (κ2) is 4.45. The predicted octanol–water partition coefficient (Wildman–Crippen LogP) is 1.03. The minimum Gasteiger partial charge on any atom is -0.505 e. The highest BCUT2D eigenvalue weighted by atomic mass is 35.5. The van der Waals surface area contributed by atoms with Crippen molar-refractivity contribution >= 4 is 11.6 Å². The number of aromatic nitrogens is 1. The van der Waals surface area contributed by atoms with Crippen LogP contribution in [0.25, 0.3) is 0 Å². The third-order valence-corrected chi connectivity index (χ3v) is 2.11. The first-order valence-electron chi connectivity index (χ1n) is 3.77. The van der Waals surface area contributed by atoms with Gasteiger partial charge in [-0.15, -0.1) is 0 Å². The molecular weight excluding hydrogens is 210 g/mol. The molecule has 14 heavy (non-hydrogen) atoms. The van der Waals surface area contributed by atoms with E-state index in [1.165, 1.54) is 14.2 Å². The summed E-state index contributed by atoms with van der Waals surface area (Å²) in [5, 5.41) is 9.18. The SMILES string of the molecule is COC(OC)c1c(Cl)c(O)c[nH]c1=O. The number of hydrogen-bond acceptors (Lipinski definition) is 4. The number of rotatable bonds is 3. The summed E-state index contributed by atoms with van der Waals surface area (Å²) in [6.45, 7) is 0. The van der Waals surface area contributed by atoms with Crippen LogP contribution in [0.4, 0.5) is 0 Å². The van der Waals surface area contributed by atoms with Crippen LogP contribution < -0.4 is 5.56 Å². The molecule has 0 aromatic carbocycles. The van der Waals surface area contributed by atoms with E-state index in [0.717, 1.165) is 6.20 Å². The van der Waals surface area contributed by atoms with Gasteiger partial charge in [-0.1, -0.05) is 11.6 Å². The second-order valence-electron chi connectivity index (χ2n) is 2.53. The molecule has 2 N–H and O–H groups in total. The van der Waals surface area contributed by atoms with E-state index in [1.54, 1.807) is 0 Å². The number of pyridine rings is 1. The van der Waals surface area contributed by atoms with Gasteiger partial charge in [-0.05, 0) is 0 Å². The molecular formula is C8H10ClNO4. The number of H-pyrrole nitrogens is 1. The van der Waals surface area contributed by atoms with Crippen LogP contribution in [0.2, 0.25) is 5.02 Å². The van der Waals surface area contributed by atoms with Gasteiger partial charge in [-0.2, -0.15) is 0 Å². The van der Waals surface area contributed by atoms with Gasteiger partial charge in [0.1, 0.15) is 0 Å². The number of ether oxygens (including phenoxy) is 2. The van der Waals surface area contributed by atoms with E-state index in [2.05, 4.69) is 4.98 Å². The Morgan fingerprint density at radius 2 is 2.07 bits per heavy atom. The fourth-order valence-corrected chi connectivity index (χ4v) is 1.28. The van der Waals surface area contributed by atoms with Gasteiger partial charge in [0, 0.05) is 20.4 Å². The van der Waals surface area contributed by atoms with Crippen LogP contribution in [0.3, 0.4) is 0 Å². The van der Waals surface area contributed by atoms with E-state index >= 15 is 0 Å². The molecule has 0 aliphatic rings. The monoisotopic (exact) mass is 219 g/mol. The maximum absolute atomic E-state index is 11.3. The Kier molecular flexibility index (Phi) is 3.51. The molecule has 6 heteroatoms. The van der Waals surface area contributed by atoms with Crippen molar-refractivity contribution in [1.82, 2.24) is 4.98 Å². The molecule has 0 radical (unpaired) electrons. The van der Waals surface area contributed by atoms with Gasteiger partial charge in [0.15, 0.2) is 12.0 Å². The van der Waals surface area contributed by atoms with E-state index < -0.39 is 11.8 Å². The normalized spacial score (nSPS) is 10.9. The highest BCUT2D eigenvalue weighted by Crippen LogP contribution is 2.28. The highest BCUT2D eigenvalue weighted by molar-refractivity contribution is 6.32. The summed E-state index contributed by atoms with van der Waals surface area (Å²) in [4.78, 5) is 13.6. The third kappa shape index (κ3) is 1.89. The van der Waals surface area contributed by atoms with Crippen molar-refractivity contribution in [3.63, 3.8) is 0 Å². The van der Waals surface area contributed by atoms with Crippen LogP contribution in [0.5, 0.6) is 5.75 Å². The lowest BCUT2D eigenvalue weighted by atomic mass is 10.2. The number of aromatic amines is 1.